The predicted octanol–water partition coefficient (Wildman–Crippen LogP) is 6.72. The van der Waals surface area contributed by atoms with Gasteiger partial charge in [-0.2, -0.15) is 13.2 Å². The molecule has 0 saturated carbocycles. The van der Waals surface area contributed by atoms with Crippen molar-refractivity contribution < 1.29 is 55.4 Å². The highest BCUT2D eigenvalue weighted by molar-refractivity contribution is 8.45. The van der Waals surface area contributed by atoms with E-state index in [0.29, 0.717) is 19.2 Å². The second kappa shape index (κ2) is 8.88. The fraction of sp³-hybridized carbons (Fsp3) is 0.250. The number of hydrogen-bond acceptors (Lipinski definition) is 3. The van der Waals surface area contributed by atoms with Crippen molar-refractivity contribution in [3.05, 3.63) is 65.0 Å². The van der Waals surface area contributed by atoms with Gasteiger partial charge in [0.2, 0.25) is 11.9 Å². The summed E-state index contributed by atoms with van der Waals surface area (Å²) in [6.07, 6.45) is -5.48. The molecule has 2 aromatic rings. The third-order valence-corrected chi connectivity index (χ3v) is 6.27. The molecule has 0 unspecified atom stereocenters. The molecular weight excluding hydrogens is 555 g/mol. The Morgan fingerprint density at radius 1 is 0.946 bits per heavy atom. The Bertz CT molecular complexity index is 1220. The minimum Gasteiger partial charge on any atom is -0.288 e. The van der Waals surface area contributed by atoms with E-state index >= 15 is 0 Å². The quantitative estimate of drug-likeness (QED) is 0.238. The van der Waals surface area contributed by atoms with Gasteiger partial charge in [-0.25, -0.2) is 13.2 Å². The van der Waals surface area contributed by atoms with Crippen molar-refractivity contribution in [2.75, 3.05) is 7.05 Å². The summed E-state index contributed by atoms with van der Waals surface area (Å²) >= 11 is 0. The Kier molecular flexibility index (Phi) is 7.17. The number of halogens is 11. The van der Waals surface area contributed by atoms with Crippen molar-refractivity contribution in [3.63, 3.8) is 0 Å². The van der Waals surface area contributed by atoms with Gasteiger partial charge in [0.15, 0.2) is 0 Å². The lowest BCUT2D eigenvalue weighted by Gasteiger charge is -2.40. The molecule has 2 rings (SSSR count). The molecule has 0 aromatic heterocycles. The van der Waals surface area contributed by atoms with E-state index in [0.717, 1.165) is 12.2 Å². The van der Waals surface area contributed by atoms with Crippen molar-refractivity contribution in [1.29, 1.82) is 5.41 Å². The van der Waals surface area contributed by atoms with Gasteiger partial charge in [0, 0.05) is 30.7 Å². The molecule has 2 N–H and O–H groups in total. The molecule has 0 aliphatic carbocycles. The van der Waals surface area contributed by atoms with E-state index in [1.54, 1.807) is 0 Å². The zero-order valence-corrected chi connectivity index (χ0v) is 19.3. The number of amides is 2. The molecular formula is C20H16F11N3O2S. The highest BCUT2D eigenvalue weighted by Gasteiger charge is 2.65. The number of nitrogens with one attached hydrogen (secondary N) is 2. The van der Waals surface area contributed by atoms with Gasteiger partial charge in [-0.15, -0.1) is 0 Å². The molecule has 0 aliphatic heterocycles. The summed E-state index contributed by atoms with van der Waals surface area (Å²) in [5, 5.41) is 8.59. The third kappa shape index (κ3) is 6.90. The maximum Gasteiger partial charge on any atom is 0.471 e. The van der Waals surface area contributed by atoms with Crippen molar-refractivity contribution in [1.82, 2.24) is 10.2 Å². The van der Waals surface area contributed by atoms with E-state index in [-0.39, 0.29) is 29.2 Å². The lowest BCUT2D eigenvalue weighted by molar-refractivity contribution is -0.172. The number of carbonyl (C=O) groups excluding carboxylic acids is 2. The predicted molar refractivity (Wildman–Crippen MR) is 110 cm³/mol. The number of likely N-dealkylation sites (N-methyl/N-ethyl adjacent to an activating group) is 1. The van der Waals surface area contributed by atoms with Gasteiger partial charge in [-0.1, -0.05) is 38.5 Å². The molecule has 0 aliphatic rings. The van der Waals surface area contributed by atoms with Crippen molar-refractivity contribution in [3.8, 4) is 0 Å². The monoisotopic (exact) mass is 571 g/mol. The van der Waals surface area contributed by atoms with Gasteiger partial charge in [-0.05, 0) is 17.7 Å². The molecule has 0 radical (unpaired) electrons. The molecule has 0 saturated heterocycles. The van der Waals surface area contributed by atoms with Crippen LogP contribution < -0.4 is 5.32 Å². The Morgan fingerprint density at radius 2 is 1.41 bits per heavy atom. The fourth-order valence-corrected chi connectivity index (χ4v) is 3.96. The maximum absolute atomic E-state index is 14.4. The molecule has 0 bridgehead atoms. The van der Waals surface area contributed by atoms with Crippen LogP contribution in [-0.2, 0) is 9.59 Å². The minimum absolute atomic E-state index is 0.0859. The molecule has 0 fully saturated rings. The highest BCUT2D eigenvalue weighted by atomic mass is 32.5. The second-order valence-electron chi connectivity index (χ2n) is 7.79. The number of alkyl halides is 3. The molecule has 2 atom stereocenters. The summed E-state index contributed by atoms with van der Waals surface area (Å²) < 4.78 is 145. The molecule has 37 heavy (non-hydrogen) atoms. The van der Waals surface area contributed by atoms with Gasteiger partial charge in [-0.3, -0.25) is 25.2 Å². The van der Waals surface area contributed by atoms with Gasteiger partial charge in [0.25, 0.3) is 0 Å². The van der Waals surface area contributed by atoms with E-state index in [2.05, 4.69) is 0 Å². The third-order valence-electron chi connectivity index (χ3n) is 5.11. The highest BCUT2D eigenvalue weighted by Crippen LogP contribution is 3.02. The van der Waals surface area contributed by atoms with Crippen LogP contribution in [0.4, 0.5) is 45.8 Å². The molecule has 2 amide bonds. The molecule has 17 heteroatoms. The van der Waals surface area contributed by atoms with Gasteiger partial charge in [0.05, 0.1) is 5.92 Å². The number of rotatable bonds is 5. The Hall–Kier alpha value is -3.37. The molecule has 2 aromatic carbocycles. The Morgan fingerprint density at radius 3 is 1.81 bits per heavy atom. The SMILES string of the molecule is C[C@@H](c1c(F)cc(F)cc1F)[C@@H](C(=O)N(C)C(=N)NC(=O)C(F)(F)F)c1ccc(S(F)(F)(F)(F)F)cc1. The first kappa shape index (κ1) is 29.9. The smallest absolute Gasteiger partial charge is 0.288 e. The minimum atomic E-state index is -10.2. The van der Waals surface area contributed by atoms with Crippen LogP contribution in [0.3, 0.4) is 0 Å². The van der Waals surface area contributed by atoms with Crippen molar-refractivity contribution in [2.24, 2.45) is 0 Å². The molecule has 0 heterocycles. The van der Waals surface area contributed by atoms with Crippen LogP contribution in [-0.4, -0.2) is 35.9 Å². The molecule has 206 valence electrons. The fourth-order valence-electron chi connectivity index (χ4n) is 3.31. The van der Waals surface area contributed by atoms with E-state index < -0.39 is 79.5 Å². The first-order chi connectivity index (χ1) is 16.4. The Balaban J connectivity index is 2.61. The van der Waals surface area contributed by atoms with Crippen LogP contribution in [0.25, 0.3) is 0 Å². The van der Waals surface area contributed by atoms with E-state index in [1.807, 2.05) is 0 Å². The van der Waals surface area contributed by atoms with Crippen LogP contribution in [0.1, 0.15) is 29.9 Å². The summed E-state index contributed by atoms with van der Waals surface area (Å²) in [6.45, 7) is 0.937. The lowest BCUT2D eigenvalue weighted by Crippen LogP contribution is -2.50. The summed E-state index contributed by atoms with van der Waals surface area (Å²) in [4.78, 5) is 21.9. The van der Waals surface area contributed by atoms with Crippen LogP contribution in [0.5, 0.6) is 0 Å². The van der Waals surface area contributed by atoms with Gasteiger partial charge in [0.1, 0.15) is 22.3 Å². The average Bonchev–Trinajstić information content (AvgIpc) is 2.70. The van der Waals surface area contributed by atoms with E-state index in [1.165, 1.54) is 0 Å². The first-order valence-electron chi connectivity index (χ1n) is 9.66. The maximum atomic E-state index is 14.4. The standard InChI is InChI=1S/C20H16F11N3O2S/c1-9(16-13(22)7-11(21)8-14(16)23)15(10-3-5-12(6-4-10)37(27,28,29,30)31)17(35)34(2)19(32)33-18(36)20(24,25)26/h3-9,15H,1-2H3,(H2,32,33,36)/t9-,15-/m1/s1. The topological polar surface area (TPSA) is 73.3 Å². The zero-order valence-electron chi connectivity index (χ0n) is 18.4. The van der Waals surface area contributed by atoms with Gasteiger partial charge < -0.3 is 0 Å². The normalized spacial score (nSPS) is 15.7. The number of guanidine groups is 1. The number of hydrogen-bond donors (Lipinski definition) is 2. The van der Waals surface area contributed by atoms with Crippen LogP contribution >= 0.6 is 10.2 Å². The second-order valence-corrected chi connectivity index (χ2v) is 10.2. The van der Waals surface area contributed by atoms with Crippen LogP contribution in [0.2, 0.25) is 0 Å². The van der Waals surface area contributed by atoms with Crippen molar-refractivity contribution >= 4 is 28.0 Å². The summed E-state index contributed by atoms with van der Waals surface area (Å²) in [6, 6.07) is 0.941. The first-order valence-corrected chi connectivity index (χ1v) is 11.6. The number of benzene rings is 2. The van der Waals surface area contributed by atoms with Crippen LogP contribution in [0, 0.1) is 22.9 Å². The molecule has 0 spiro atoms. The van der Waals surface area contributed by atoms with E-state index in [4.69, 9.17) is 5.41 Å². The number of carbonyl (C=O) groups is 2. The van der Waals surface area contributed by atoms with Crippen LogP contribution in [0.15, 0.2) is 41.3 Å². The summed E-state index contributed by atoms with van der Waals surface area (Å²) in [5.41, 5.74) is -1.55. The van der Waals surface area contributed by atoms with Crippen molar-refractivity contribution in [2.45, 2.75) is 29.8 Å². The summed E-state index contributed by atoms with van der Waals surface area (Å²) in [7, 11) is -9.52. The average molecular weight is 571 g/mol. The largest absolute Gasteiger partial charge is 0.471 e. The lowest BCUT2D eigenvalue weighted by atomic mass is 9.81. The number of nitrogens with zero attached hydrogens (tertiary/aromatic N) is 1. The Labute approximate surface area is 201 Å². The zero-order chi connectivity index (χ0) is 28.8. The van der Waals surface area contributed by atoms with Gasteiger partial charge >= 0.3 is 22.3 Å². The van der Waals surface area contributed by atoms with E-state index in [9.17, 15) is 55.4 Å². The summed E-state index contributed by atoms with van der Waals surface area (Å²) in [5.74, 6) is -13.9. The molecule has 5 nitrogen and oxygen atoms in total.